The molecule has 0 heterocycles. The monoisotopic (exact) mass is 1650 g/mol. The van der Waals surface area contributed by atoms with Crippen LogP contribution in [0.25, 0.3) is 0 Å². The van der Waals surface area contributed by atoms with E-state index in [2.05, 4.69) is 13.8 Å². The third kappa shape index (κ3) is 28.6. The number of hydrogen-bond acceptors (Lipinski definition) is 20. The molecule has 0 bridgehead atoms. The molecule has 634 valence electrons. The van der Waals surface area contributed by atoms with Gasteiger partial charge in [-0.1, -0.05) is 135 Å². The summed E-state index contributed by atoms with van der Waals surface area (Å²) in [6, 6.07) is 76.1. The second-order valence-corrected chi connectivity index (χ2v) is 31.3. The lowest BCUT2D eigenvalue weighted by Crippen LogP contribution is -2.18. The van der Waals surface area contributed by atoms with Crippen LogP contribution in [-0.2, 0) is 47.9 Å². The molecule has 10 unspecified atom stereocenters. The van der Waals surface area contributed by atoms with Crippen molar-refractivity contribution in [2.75, 3.05) is 0 Å². The van der Waals surface area contributed by atoms with Crippen molar-refractivity contribution in [1.29, 1.82) is 0 Å². The van der Waals surface area contributed by atoms with Crippen LogP contribution in [0.5, 0.6) is 57.5 Å². The quantitative estimate of drug-likeness (QED) is 0.0256. The SMILES string of the molecule is CCC(CC(CC(CC(CC(CC(CC(CC(CC(CC(C)c1ccc(OC(C)=O)cc1)c1ccc(OC(C)=O)cc1)c1ccc(OC(C)=O)cc1)c1ccc(OC(C)=O)cc1)c1ccc(OC(C)=O)cc1)c1ccc(OC(C)=O)cc1)c1ccc(OC(C)=O)cc1)c1ccc(OC(C)=O)cc1)c1ccc(OC(C)=O)cc1)c1ccc(OC(C)=O)cc1. The zero-order valence-corrected chi connectivity index (χ0v) is 71.1. The van der Waals surface area contributed by atoms with E-state index in [1.54, 1.807) is 84.9 Å². The van der Waals surface area contributed by atoms with Crippen LogP contribution in [0.1, 0.15) is 262 Å². The Morgan fingerprint density at radius 3 is 0.402 bits per heavy atom. The maximum atomic E-state index is 12.7. The van der Waals surface area contributed by atoms with Crippen LogP contribution in [0.3, 0.4) is 0 Å². The molecule has 20 heteroatoms. The van der Waals surface area contributed by atoms with Crippen LogP contribution in [0, 0.1) is 0 Å². The van der Waals surface area contributed by atoms with Gasteiger partial charge in [0.05, 0.1) is 0 Å². The van der Waals surface area contributed by atoms with Gasteiger partial charge in [-0.05, 0) is 300 Å². The summed E-state index contributed by atoms with van der Waals surface area (Å²) in [6.45, 7) is 17.9. The molecule has 0 aliphatic rings. The van der Waals surface area contributed by atoms with Gasteiger partial charge in [-0.15, -0.1) is 0 Å². The molecule has 122 heavy (non-hydrogen) atoms. The molecule has 0 aliphatic heterocycles. The van der Waals surface area contributed by atoms with Crippen molar-refractivity contribution in [3.8, 4) is 57.5 Å². The van der Waals surface area contributed by atoms with Crippen LogP contribution in [-0.4, -0.2) is 59.7 Å². The van der Waals surface area contributed by atoms with E-state index in [1.165, 1.54) is 69.2 Å². The van der Waals surface area contributed by atoms with Crippen molar-refractivity contribution < 1.29 is 95.3 Å². The van der Waals surface area contributed by atoms with E-state index in [9.17, 15) is 47.9 Å². The first-order valence-electron chi connectivity index (χ1n) is 41.3. The summed E-state index contributed by atoms with van der Waals surface area (Å²) in [6.07, 6.45) is 5.64. The standard InChI is InChI=1S/C102H106O20/c1-13-74(76-16-36-94(37-17-76)114-65(4)104)55-86(78-20-40-96(41-21-78)116-67(6)106)57-88(80-24-44-98(45-25-80)118-69(8)108)59-90(82-28-48-100(49-29-82)120-71(10)110)61-92(84-32-52-102(53-33-84)122-73(12)112)62-91(83-30-50-101(51-31-83)121-72(11)111)60-89(81-26-46-99(47-27-81)119-70(9)109)58-87(79-22-42-97(43-23-79)117-68(7)107)56-85(77-18-38-95(39-19-77)115-66(5)105)54-63(2)75-14-34-93(35-15-75)113-64(3)103/h14-53,63,74,85-92H,13,54-62H2,1-12H3. The highest BCUT2D eigenvalue weighted by molar-refractivity contribution is 5.73. The molecule has 10 aromatic rings. The van der Waals surface area contributed by atoms with E-state index in [0.717, 1.165) is 62.1 Å². The maximum Gasteiger partial charge on any atom is 0.308 e. The number of hydrogen-bond donors (Lipinski definition) is 0. The molecule has 20 nitrogen and oxygen atoms in total. The van der Waals surface area contributed by atoms with Gasteiger partial charge in [0.2, 0.25) is 0 Å². The minimum Gasteiger partial charge on any atom is -0.427 e. The fourth-order valence-corrected chi connectivity index (χ4v) is 16.6. The van der Waals surface area contributed by atoms with Crippen LogP contribution in [0.2, 0.25) is 0 Å². The Balaban J connectivity index is 1.15. The Hall–Kier alpha value is -13.1. The minimum atomic E-state index is -0.493. The van der Waals surface area contributed by atoms with Crippen LogP contribution < -0.4 is 47.4 Å². The van der Waals surface area contributed by atoms with E-state index < -0.39 is 59.7 Å². The van der Waals surface area contributed by atoms with Crippen molar-refractivity contribution in [2.45, 2.75) is 206 Å². The van der Waals surface area contributed by atoms with Gasteiger partial charge in [-0.3, -0.25) is 47.9 Å². The van der Waals surface area contributed by atoms with Gasteiger partial charge in [0.25, 0.3) is 0 Å². The fraction of sp³-hybridized carbons (Fsp3) is 0.314. The summed E-state index contributed by atoms with van der Waals surface area (Å²) < 4.78 is 56.4. The molecule has 0 N–H and O–H groups in total. The van der Waals surface area contributed by atoms with Gasteiger partial charge < -0.3 is 47.4 Å². The Morgan fingerprint density at radius 2 is 0.279 bits per heavy atom. The number of esters is 10. The van der Waals surface area contributed by atoms with Crippen molar-refractivity contribution in [3.63, 3.8) is 0 Å². The Kier molecular flexibility index (Phi) is 33.1. The lowest BCUT2D eigenvalue weighted by atomic mass is 9.70. The molecule has 0 fully saturated rings. The van der Waals surface area contributed by atoms with Gasteiger partial charge in [0.15, 0.2) is 0 Å². The maximum absolute atomic E-state index is 12.7. The van der Waals surface area contributed by atoms with E-state index in [4.69, 9.17) is 47.4 Å². The number of carbonyl (C=O) groups is 10. The Labute approximate surface area is 713 Å². The van der Waals surface area contributed by atoms with Gasteiger partial charge in [-0.2, -0.15) is 0 Å². The van der Waals surface area contributed by atoms with Crippen LogP contribution in [0.15, 0.2) is 243 Å². The molecular weight excluding hydrogens is 1550 g/mol. The molecule has 0 radical (unpaired) electrons. The molecule has 10 rings (SSSR count). The molecule has 0 aromatic heterocycles. The summed E-state index contributed by atoms with van der Waals surface area (Å²) in [5, 5.41) is 0. The number of ether oxygens (including phenoxy) is 10. The largest absolute Gasteiger partial charge is 0.427 e. The summed E-state index contributed by atoms with van der Waals surface area (Å²) >= 11 is 0. The third-order valence-corrected chi connectivity index (χ3v) is 21.9. The summed E-state index contributed by atoms with van der Waals surface area (Å²) in [4.78, 5) is 125. The number of carbonyl (C=O) groups excluding carboxylic acids is 10. The second kappa shape index (κ2) is 44.3. The highest BCUT2D eigenvalue weighted by atomic mass is 16.6. The molecule has 0 saturated heterocycles. The average Bonchev–Trinajstić information content (AvgIpc) is 0.806. The molecule has 0 spiro atoms. The van der Waals surface area contributed by atoms with E-state index >= 15 is 0 Å². The van der Waals surface area contributed by atoms with Gasteiger partial charge in [-0.25, -0.2) is 0 Å². The van der Waals surface area contributed by atoms with Gasteiger partial charge in [0.1, 0.15) is 57.5 Å². The zero-order chi connectivity index (χ0) is 87.5. The van der Waals surface area contributed by atoms with Crippen molar-refractivity contribution >= 4 is 59.7 Å². The molecule has 10 atom stereocenters. The van der Waals surface area contributed by atoms with Crippen molar-refractivity contribution in [1.82, 2.24) is 0 Å². The van der Waals surface area contributed by atoms with Crippen LogP contribution >= 0.6 is 0 Å². The second-order valence-electron chi connectivity index (χ2n) is 31.3. The molecule has 0 saturated carbocycles. The van der Waals surface area contributed by atoms with Crippen molar-refractivity contribution in [3.05, 3.63) is 298 Å². The van der Waals surface area contributed by atoms with Crippen molar-refractivity contribution in [2.24, 2.45) is 0 Å². The zero-order valence-electron chi connectivity index (χ0n) is 71.1. The highest BCUT2D eigenvalue weighted by Crippen LogP contribution is 2.51. The number of benzene rings is 10. The Morgan fingerprint density at radius 1 is 0.172 bits per heavy atom. The predicted molar refractivity (Wildman–Crippen MR) is 462 cm³/mol. The van der Waals surface area contributed by atoms with E-state index in [-0.39, 0.29) is 59.2 Å². The Bertz CT molecular complexity index is 5180. The summed E-state index contributed by atoms with van der Waals surface area (Å²) in [5.41, 5.74) is 9.66. The lowest BCUT2D eigenvalue weighted by Gasteiger charge is -2.34. The first-order chi connectivity index (χ1) is 58.4. The summed E-state index contributed by atoms with van der Waals surface area (Å²) in [7, 11) is 0. The first kappa shape index (κ1) is 91.2. The first-order valence-corrected chi connectivity index (χ1v) is 41.3. The topological polar surface area (TPSA) is 263 Å². The smallest absolute Gasteiger partial charge is 0.308 e. The normalized spacial score (nSPS) is 13.6. The average molecular weight is 1650 g/mol. The molecular formula is C102H106O20. The summed E-state index contributed by atoms with van der Waals surface area (Å²) in [5.74, 6) is -3.16. The predicted octanol–water partition coefficient (Wildman–Crippen LogP) is 22.0. The molecule has 10 aromatic carbocycles. The molecule has 0 amide bonds. The minimum absolute atomic E-state index is 0.00252. The van der Waals surface area contributed by atoms with E-state index in [1.807, 2.05) is 158 Å². The fourth-order valence-electron chi connectivity index (χ4n) is 16.6. The van der Waals surface area contributed by atoms with Gasteiger partial charge >= 0.3 is 59.7 Å². The van der Waals surface area contributed by atoms with Crippen LogP contribution in [0.4, 0.5) is 0 Å². The third-order valence-electron chi connectivity index (χ3n) is 21.9. The lowest BCUT2D eigenvalue weighted by molar-refractivity contribution is -0.132. The number of rotatable bonds is 39. The highest BCUT2D eigenvalue weighted by Gasteiger charge is 2.34. The van der Waals surface area contributed by atoms with Gasteiger partial charge in [0, 0.05) is 69.2 Å². The molecule has 0 aliphatic carbocycles. The van der Waals surface area contributed by atoms with E-state index in [0.29, 0.717) is 115 Å².